The van der Waals surface area contributed by atoms with Gasteiger partial charge >= 0.3 is 0 Å². The molecule has 9 heteroatoms. The Hall–Kier alpha value is -2.22. The lowest BCUT2D eigenvalue weighted by molar-refractivity contribution is -0.136. The summed E-state index contributed by atoms with van der Waals surface area (Å²) in [5.74, 6) is 0.781. The SMILES string of the molecule is CC1CCN(C(=O)CN2C(=O)S/C(=C/c3ccc(-c4cc(Cl)ccc4Cl)o3)C2=O)CC1. The lowest BCUT2D eigenvalue weighted by atomic mass is 9.99. The first-order valence-electron chi connectivity index (χ1n) is 9.90. The molecule has 2 fully saturated rings. The van der Waals surface area contributed by atoms with Gasteiger partial charge < -0.3 is 9.32 Å². The molecule has 0 saturated carbocycles. The van der Waals surface area contributed by atoms with Gasteiger partial charge in [0.15, 0.2) is 0 Å². The zero-order valence-corrected chi connectivity index (χ0v) is 19.1. The fourth-order valence-electron chi connectivity index (χ4n) is 3.52. The van der Waals surface area contributed by atoms with Crippen LogP contribution in [0.3, 0.4) is 0 Å². The summed E-state index contributed by atoms with van der Waals surface area (Å²) >= 11 is 13.0. The van der Waals surface area contributed by atoms with E-state index in [1.165, 1.54) is 6.08 Å². The van der Waals surface area contributed by atoms with Gasteiger partial charge in [-0.25, -0.2) is 0 Å². The molecule has 31 heavy (non-hydrogen) atoms. The summed E-state index contributed by atoms with van der Waals surface area (Å²) in [6, 6.07) is 8.44. The number of hydrogen-bond donors (Lipinski definition) is 0. The summed E-state index contributed by atoms with van der Waals surface area (Å²) in [6.07, 6.45) is 3.37. The smallest absolute Gasteiger partial charge is 0.294 e. The van der Waals surface area contributed by atoms with Gasteiger partial charge in [0, 0.05) is 29.8 Å². The van der Waals surface area contributed by atoms with Crippen LogP contribution in [0.1, 0.15) is 25.5 Å². The molecular weight excluding hydrogens is 459 g/mol. The van der Waals surface area contributed by atoms with Crippen molar-refractivity contribution in [1.82, 2.24) is 9.80 Å². The average Bonchev–Trinajstić information content (AvgIpc) is 3.30. The first-order valence-corrected chi connectivity index (χ1v) is 11.5. The van der Waals surface area contributed by atoms with Crippen LogP contribution in [0.5, 0.6) is 0 Å². The Balaban J connectivity index is 1.47. The number of halogens is 2. The number of likely N-dealkylation sites (tertiary alicyclic amines) is 1. The predicted octanol–water partition coefficient (Wildman–Crippen LogP) is 5.55. The van der Waals surface area contributed by atoms with E-state index in [2.05, 4.69) is 6.92 Å². The van der Waals surface area contributed by atoms with Gasteiger partial charge in [0.1, 0.15) is 18.1 Å². The van der Waals surface area contributed by atoms with Crippen LogP contribution >= 0.6 is 35.0 Å². The summed E-state index contributed by atoms with van der Waals surface area (Å²) in [5.41, 5.74) is 0.628. The topological polar surface area (TPSA) is 70.8 Å². The van der Waals surface area contributed by atoms with Crippen molar-refractivity contribution in [2.24, 2.45) is 5.92 Å². The van der Waals surface area contributed by atoms with Crippen molar-refractivity contribution in [3.05, 3.63) is 51.0 Å². The third kappa shape index (κ3) is 4.84. The van der Waals surface area contributed by atoms with Gasteiger partial charge in [-0.1, -0.05) is 30.1 Å². The molecule has 0 atom stereocenters. The van der Waals surface area contributed by atoms with E-state index in [4.69, 9.17) is 27.6 Å². The molecule has 0 aliphatic carbocycles. The highest BCUT2D eigenvalue weighted by Crippen LogP contribution is 2.35. The summed E-state index contributed by atoms with van der Waals surface area (Å²) in [7, 11) is 0. The monoisotopic (exact) mass is 478 g/mol. The van der Waals surface area contributed by atoms with Crippen LogP contribution in [0.25, 0.3) is 17.4 Å². The van der Waals surface area contributed by atoms with E-state index < -0.39 is 11.1 Å². The molecule has 2 aliphatic rings. The second-order valence-corrected chi connectivity index (χ2v) is 9.49. The number of furan rings is 1. The number of rotatable bonds is 4. The minimum atomic E-state index is -0.493. The Morgan fingerprint density at radius 1 is 1.19 bits per heavy atom. The minimum absolute atomic E-state index is 0.202. The second-order valence-electron chi connectivity index (χ2n) is 7.66. The van der Waals surface area contributed by atoms with E-state index >= 15 is 0 Å². The van der Waals surface area contributed by atoms with E-state index in [1.54, 1.807) is 35.2 Å². The fraction of sp³-hybridized carbons (Fsp3) is 0.318. The zero-order chi connectivity index (χ0) is 22.1. The molecule has 6 nitrogen and oxygen atoms in total. The number of carbonyl (C=O) groups is 3. The Morgan fingerprint density at radius 3 is 2.68 bits per heavy atom. The standard InChI is InChI=1S/C22H20Cl2N2O4S/c1-13-6-8-25(9-7-13)20(27)12-26-21(28)19(31-22(26)29)11-15-3-5-18(30-15)16-10-14(23)2-4-17(16)24/h2-5,10-11,13H,6-9,12H2,1H3/b19-11+. The predicted molar refractivity (Wildman–Crippen MR) is 122 cm³/mol. The third-order valence-electron chi connectivity index (χ3n) is 5.40. The molecule has 0 spiro atoms. The molecule has 0 radical (unpaired) electrons. The van der Waals surface area contributed by atoms with Crippen LogP contribution in [0.4, 0.5) is 4.79 Å². The van der Waals surface area contributed by atoms with Crippen molar-refractivity contribution >= 4 is 58.1 Å². The molecular formula is C22H20Cl2N2O4S. The number of carbonyl (C=O) groups excluding carboxylic acids is 3. The van der Waals surface area contributed by atoms with Gasteiger partial charge in [-0.2, -0.15) is 0 Å². The summed E-state index contributed by atoms with van der Waals surface area (Å²) in [5, 5.41) is 0.544. The molecule has 0 N–H and O–H groups in total. The molecule has 162 valence electrons. The average molecular weight is 479 g/mol. The fourth-order valence-corrected chi connectivity index (χ4v) is 4.72. The third-order valence-corrected chi connectivity index (χ3v) is 6.87. The maximum absolute atomic E-state index is 12.7. The number of piperidine rings is 1. The van der Waals surface area contributed by atoms with E-state index in [9.17, 15) is 14.4 Å². The molecule has 2 aliphatic heterocycles. The minimum Gasteiger partial charge on any atom is -0.457 e. The van der Waals surface area contributed by atoms with Gasteiger partial charge in [-0.15, -0.1) is 0 Å². The molecule has 0 unspecified atom stereocenters. The molecule has 3 amide bonds. The second kappa shape index (κ2) is 9.10. The molecule has 1 aromatic carbocycles. The highest BCUT2D eigenvalue weighted by atomic mass is 35.5. The Kier molecular flexibility index (Phi) is 6.46. The van der Waals surface area contributed by atoms with E-state index in [0.29, 0.717) is 46.1 Å². The van der Waals surface area contributed by atoms with Crippen molar-refractivity contribution in [3.63, 3.8) is 0 Å². The molecule has 2 saturated heterocycles. The molecule has 2 aromatic rings. The molecule has 0 bridgehead atoms. The normalized spacial score (nSPS) is 19.0. The number of benzene rings is 1. The van der Waals surface area contributed by atoms with Crippen LogP contribution in [-0.4, -0.2) is 46.5 Å². The van der Waals surface area contributed by atoms with Crippen molar-refractivity contribution in [2.45, 2.75) is 19.8 Å². The summed E-state index contributed by atoms with van der Waals surface area (Å²) < 4.78 is 5.78. The number of amides is 3. The summed E-state index contributed by atoms with van der Waals surface area (Å²) in [6.45, 7) is 3.24. The van der Waals surface area contributed by atoms with Crippen molar-refractivity contribution < 1.29 is 18.8 Å². The van der Waals surface area contributed by atoms with Crippen molar-refractivity contribution in [3.8, 4) is 11.3 Å². The largest absolute Gasteiger partial charge is 0.457 e. The highest BCUT2D eigenvalue weighted by Gasteiger charge is 2.37. The van der Waals surface area contributed by atoms with Gasteiger partial charge in [0.25, 0.3) is 11.1 Å². The van der Waals surface area contributed by atoms with Gasteiger partial charge in [-0.3, -0.25) is 19.3 Å². The van der Waals surface area contributed by atoms with Crippen LogP contribution in [0, 0.1) is 5.92 Å². The van der Waals surface area contributed by atoms with Gasteiger partial charge in [0.2, 0.25) is 5.91 Å². The van der Waals surface area contributed by atoms with Crippen LogP contribution < -0.4 is 0 Å². The Labute approximate surface area is 194 Å². The first kappa shape index (κ1) is 22.0. The van der Waals surface area contributed by atoms with E-state index in [-0.39, 0.29) is 17.4 Å². The maximum atomic E-state index is 12.7. The molecule has 4 rings (SSSR count). The van der Waals surface area contributed by atoms with Crippen LogP contribution in [-0.2, 0) is 9.59 Å². The zero-order valence-electron chi connectivity index (χ0n) is 16.8. The quantitative estimate of drug-likeness (QED) is 0.538. The molecule has 3 heterocycles. The number of nitrogens with zero attached hydrogens (tertiary/aromatic N) is 2. The van der Waals surface area contributed by atoms with E-state index in [1.807, 2.05) is 0 Å². The first-order chi connectivity index (χ1) is 14.8. The van der Waals surface area contributed by atoms with Crippen LogP contribution in [0.2, 0.25) is 10.0 Å². The lowest BCUT2D eigenvalue weighted by Gasteiger charge is -2.31. The van der Waals surface area contributed by atoms with Crippen LogP contribution in [0.15, 0.2) is 39.7 Å². The number of thioether (sulfide) groups is 1. The lowest BCUT2D eigenvalue weighted by Crippen LogP contribution is -2.45. The Bertz CT molecular complexity index is 1070. The maximum Gasteiger partial charge on any atom is 0.294 e. The van der Waals surface area contributed by atoms with E-state index in [0.717, 1.165) is 29.5 Å². The molecule has 1 aromatic heterocycles. The van der Waals surface area contributed by atoms with Crippen molar-refractivity contribution in [1.29, 1.82) is 0 Å². The van der Waals surface area contributed by atoms with Gasteiger partial charge in [0.05, 0.1) is 9.93 Å². The van der Waals surface area contributed by atoms with Crippen molar-refractivity contribution in [2.75, 3.05) is 19.6 Å². The number of imide groups is 1. The highest BCUT2D eigenvalue weighted by molar-refractivity contribution is 8.18. The number of hydrogen-bond acceptors (Lipinski definition) is 5. The van der Waals surface area contributed by atoms with Gasteiger partial charge in [-0.05, 0) is 60.9 Å². The Morgan fingerprint density at radius 2 is 1.94 bits per heavy atom. The summed E-state index contributed by atoms with van der Waals surface area (Å²) in [4.78, 5) is 40.6.